The summed E-state index contributed by atoms with van der Waals surface area (Å²) in [4.78, 5) is 0. The lowest BCUT2D eigenvalue weighted by Crippen LogP contribution is -1.98. The van der Waals surface area contributed by atoms with Gasteiger partial charge in [0.1, 0.15) is 5.75 Å². The van der Waals surface area contributed by atoms with Crippen molar-refractivity contribution in [1.29, 1.82) is 0 Å². The zero-order chi connectivity index (χ0) is 23.0. The van der Waals surface area contributed by atoms with E-state index in [1.54, 1.807) is 7.11 Å². The Morgan fingerprint density at radius 3 is 1.47 bits per heavy atom. The van der Waals surface area contributed by atoms with Crippen LogP contribution in [-0.2, 0) is 10.6 Å². The Bertz CT molecular complexity index is 663. The lowest BCUT2D eigenvalue weighted by molar-refractivity contribution is 0.0511. The normalized spacial score (nSPS) is 8.40. The molecule has 0 N–H and O–H groups in total. The largest absolute Gasteiger partial charge is 0.468 e. The standard InChI is InChI=1S/C9H11ClO2.2C7H8.2C2H6/c1-11-7-12-9-4-2-3-8(5-9)6-10;2*1-7-5-3-2-4-6-7;2*1-2/h2-5H,6-7H2,1H3;2*2-6H,1H3;2*1-2H3. The van der Waals surface area contributed by atoms with Crippen LogP contribution in [0.15, 0.2) is 84.9 Å². The van der Waals surface area contributed by atoms with Gasteiger partial charge in [-0.05, 0) is 31.5 Å². The number of alkyl halides is 1. The number of benzene rings is 3. The third-order valence-electron chi connectivity index (χ3n) is 3.28. The van der Waals surface area contributed by atoms with E-state index in [1.807, 2.05) is 88.4 Å². The summed E-state index contributed by atoms with van der Waals surface area (Å²) in [6, 6.07) is 28.1. The molecule has 0 aromatic heterocycles. The highest BCUT2D eigenvalue weighted by Crippen LogP contribution is 2.14. The highest BCUT2D eigenvalue weighted by Gasteiger charge is 1.94. The highest BCUT2D eigenvalue weighted by atomic mass is 35.5. The minimum absolute atomic E-state index is 0.270. The quantitative estimate of drug-likeness (QED) is 0.305. The maximum Gasteiger partial charge on any atom is 0.188 e. The molecule has 0 fully saturated rings. The zero-order valence-corrected chi connectivity index (χ0v) is 20.4. The lowest BCUT2D eigenvalue weighted by atomic mass is 10.2. The van der Waals surface area contributed by atoms with Crippen LogP contribution in [0, 0.1) is 13.8 Å². The first-order chi connectivity index (χ1) is 14.7. The molecule has 0 unspecified atom stereocenters. The van der Waals surface area contributed by atoms with E-state index in [9.17, 15) is 0 Å². The molecule has 0 heterocycles. The summed E-state index contributed by atoms with van der Waals surface area (Å²) in [7, 11) is 1.59. The molecule has 0 aliphatic rings. The summed E-state index contributed by atoms with van der Waals surface area (Å²) in [6.45, 7) is 12.4. The minimum atomic E-state index is 0.270. The predicted octanol–water partition coefficient (Wildman–Crippen LogP) is 8.45. The second kappa shape index (κ2) is 23.0. The first kappa shape index (κ1) is 29.9. The first-order valence-corrected chi connectivity index (χ1v) is 11.0. The Balaban J connectivity index is 0. The Hall–Kier alpha value is -2.29. The van der Waals surface area contributed by atoms with Gasteiger partial charge < -0.3 is 9.47 Å². The van der Waals surface area contributed by atoms with Crippen molar-refractivity contribution in [1.82, 2.24) is 0 Å². The van der Waals surface area contributed by atoms with Crippen molar-refractivity contribution in [2.75, 3.05) is 13.9 Å². The van der Waals surface area contributed by atoms with Gasteiger partial charge in [0.25, 0.3) is 0 Å². The van der Waals surface area contributed by atoms with E-state index in [1.165, 1.54) is 11.1 Å². The fraction of sp³-hybridized carbons (Fsp3) is 0.333. The number of hydrogen-bond acceptors (Lipinski definition) is 2. The molecule has 0 spiro atoms. The topological polar surface area (TPSA) is 18.5 Å². The molecule has 0 saturated heterocycles. The fourth-order valence-corrected chi connectivity index (χ4v) is 2.08. The van der Waals surface area contributed by atoms with Crippen LogP contribution in [0.1, 0.15) is 44.4 Å². The molecule has 0 saturated carbocycles. The van der Waals surface area contributed by atoms with Gasteiger partial charge >= 0.3 is 0 Å². The molecule has 30 heavy (non-hydrogen) atoms. The Morgan fingerprint density at radius 1 is 0.667 bits per heavy atom. The maximum atomic E-state index is 5.65. The maximum absolute atomic E-state index is 5.65. The van der Waals surface area contributed by atoms with E-state index < -0.39 is 0 Å². The number of aryl methyl sites for hydroxylation is 2. The van der Waals surface area contributed by atoms with E-state index in [-0.39, 0.29) is 6.79 Å². The predicted molar refractivity (Wildman–Crippen MR) is 134 cm³/mol. The van der Waals surface area contributed by atoms with Crippen molar-refractivity contribution >= 4 is 11.6 Å². The van der Waals surface area contributed by atoms with Gasteiger partial charge in [0.2, 0.25) is 0 Å². The van der Waals surface area contributed by atoms with E-state index in [0.29, 0.717) is 5.88 Å². The van der Waals surface area contributed by atoms with E-state index in [0.717, 1.165) is 11.3 Å². The van der Waals surface area contributed by atoms with Crippen molar-refractivity contribution < 1.29 is 9.47 Å². The number of halogens is 1. The summed E-state index contributed by atoms with van der Waals surface area (Å²) in [5.41, 5.74) is 3.69. The van der Waals surface area contributed by atoms with E-state index in [2.05, 4.69) is 38.1 Å². The van der Waals surface area contributed by atoms with Gasteiger partial charge in [-0.1, -0.05) is 112 Å². The van der Waals surface area contributed by atoms with Gasteiger partial charge in [0.15, 0.2) is 6.79 Å². The van der Waals surface area contributed by atoms with Crippen LogP contribution >= 0.6 is 11.6 Å². The summed E-state index contributed by atoms with van der Waals surface area (Å²) in [6.07, 6.45) is 0. The third-order valence-corrected chi connectivity index (χ3v) is 3.59. The van der Waals surface area contributed by atoms with Crippen molar-refractivity contribution in [2.24, 2.45) is 0 Å². The molecule has 3 aromatic carbocycles. The average molecular weight is 431 g/mol. The van der Waals surface area contributed by atoms with Crippen LogP contribution in [0.3, 0.4) is 0 Å². The summed E-state index contributed by atoms with van der Waals surface area (Å²) >= 11 is 5.65. The molecular formula is C27H39ClO2. The number of ether oxygens (including phenoxy) is 2. The molecule has 3 rings (SSSR count). The molecule has 0 radical (unpaired) electrons. The molecule has 0 amide bonds. The Kier molecular flexibility index (Phi) is 22.9. The van der Waals surface area contributed by atoms with E-state index >= 15 is 0 Å². The average Bonchev–Trinajstić information content (AvgIpc) is 2.82. The van der Waals surface area contributed by atoms with Gasteiger partial charge in [-0.2, -0.15) is 0 Å². The van der Waals surface area contributed by atoms with Crippen LogP contribution in [0.2, 0.25) is 0 Å². The molecular weight excluding hydrogens is 392 g/mol. The summed E-state index contributed by atoms with van der Waals surface area (Å²) in [5, 5.41) is 0. The second-order valence-corrected chi connectivity index (χ2v) is 5.91. The molecule has 0 bridgehead atoms. The molecule has 0 aliphatic heterocycles. The van der Waals surface area contributed by atoms with E-state index in [4.69, 9.17) is 21.1 Å². The smallest absolute Gasteiger partial charge is 0.188 e. The SMILES string of the molecule is CC.CC.COCOc1cccc(CCl)c1.Cc1ccccc1.Cc1ccccc1. The monoisotopic (exact) mass is 430 g/mol. The molecule has 0 aliphatic carbocycles. The molecule has 166 valence electrons. The third kappa shape index (κ3) is 17.8. The molecule has 3 heteroatoms. The van der Waals surface area contributed by atoms with Crippen LogP contribution in [0.25, 0.3) is 0 Å². The number of methoxy groups -OCH3 is 1. The van der Waals surface area contributed by atoms with Crippen molar-refractivity contribution in [3.63, 3.8) is 0 Å². The van der Waals surface area contributed by atoms with Gasteiger partial charge in [0, 0.05) is 13.0 Å². The van der Waals surface area contributed by atoms with Crippen LogP contribution < -0.4 is 4.74 Å². The minimum Gasteiger partial charge on any atom is -0.468 e. The van der Waals surface area contributed by atoms with Crippen LogP contribution in [0.4, 0.5) is 0 Å². The zero-order valence-electron chi connectivity index (χ0n) is 19.7. The molecule has 2 nitrogen and oxygen atoms in total. The molecule has 0 atom stereocenters. The van der Waals surface area contributed by atoms with Gasteiger partial charge in [-0.25, -0.2) is 0 Å². The Morgan fingerprint density at radius 2 is 1.13 bits per heavy atom. The molecule has 3 aromatic rings. The van der Waals surface area contributed by atoms with Crippen molar-refractivity contribution in [2.45, 2.75) is 47.4 Å². The van der Waals surface area contributed by atoms with Gasteiger partial charge in [-0.3, -0.25) is 0 Å². The van der Waals surface area contributed by atoms with Crippen LogP contribution in [-0.4, -0.2) is 13.9 Å². The highest BCUT2D eigenvalue weighted by molar-refractivity contribution is 6.17. The number of rotatable bonds is 4. The summed E-state index contributed by atoms with van der Waals surface area (Å²) < 4.78 is 9.98. The van der Waals surface area contributed by atoms with Crippen molar-refractivity contribution in [3.05, 3.63) is 102 Å². The van der Waals surface area contributed by atoms with Crippen molar-refractivity contribution in [3.8, 4) is 5.75 Å². The Labute approximate surface area is 189 Å². The van der Waals surface area contributed by atoms with Gasteiger partial charge in [-0.15, -0.1) is 11.6 Å². The first-order valence-electron chi connectivity index (χ1n) is 10.5. The summed E-state index contributed by atoms with van der Waals surface area (Å²) in [5.74, 6) is 1.29. The fourth-order valence-electron chi connectivity index (χ4n) is 1.91. The second-order valence-electron chi connectivity index (χ2n) is 5.64. The van der Waals surface area contributed by atoms with Crippen LogP contribution in [0.5, 0.6) is 5.75 Å². The van der Waals surface area contributed by atoms with Gasteiger partial charge in [0.05, 0.1) is 0 Å². The number of hydrogen-bond donors (Lipinski definition) is 0. The lowest BCUT2D eigenvalue weighted by Gasteiger charge is -2.04.